The summed E-state index contributed by atoms with van der Waals surface area (Å²) in [5, 5.41) is 11.5. The van der Waals surface area contributed by atoms with E-state index in [1.165, 1.54) is 5.56 Å². The van der Waals surface area contributed by atoms with Crippen molar-refractivity contribution in [3.05, 3.63) is 41.2 Å². The fourth-order valence-corrected chi connectivity index (χ4v) is 2.95. The first-order valence-corrected chi connectivity index (χ1v) is 8.88. The van der Waals surface area contributed by atoms with Gasteiger partial charge in [-0.25, -0.2) is 9.67 Å². The molecule has 1 atom stereocenters. The Bertz CT molecular complexity index is 748. The van der Waals surface area contributed by atoms with Crippen LogP contribution in [-0.2, 0) is 19.5 Å². The minimum Gasteiger partial charge on any atom is -0.352 e. The van der Waals surface area contributed by atoms with E-state index in [0.29, 0.717) is 18.5 Å². The number of nitrogens with zero attached hydrogens (tertiary/aromatic N) is 5. The van der Waals surface area contributed by atoms with Crippen LogP contribution < -0.4 is 10.6 Å². The predicted molar refractivity (Wildman–Crippen MR) is 98.5 cm³/mol. The van der Waals surface area contributed by atoms with E-state index in [1.807, 2.05) is 16.9 Å². The quantitative estimate of drug-likeness (QED) is 0.655. The average Bonchev–Trinajstić information content (AvgIpc) is 3.03. The third kappa shape index (κ3) is 4.15. The third-order valence-electron chi connectivity index (χ3n) is 4.50. The predicted octanol–water partition coefficient (Wildman–Crippen LogP) is 1.78. The maximum absolute atomic E-state index is 4.64. The summed E-state index contributed by atoms with van der Waals surface area (Å²) in [6, 6.07) is 4.32. The lowest BCUT2D eigenvalue weighted by atomic mass is 10.1. The van der Waals surface area contributed by atoms with Gasteiger partial charge in [0.2, 0.25) is 0 Å². The van der Waals surface area contributed by atoms with Gasteiger partial charge in [0.25, 0.3) is 0 Å². The van der Waals surface area contributed by atoms with Gasteiger partial charge in [-0.2, -0.15) is 5.10 Å². The number of aryl methyl sites for hydroxylation is 2. The lowest BCUT2D eigenvalue weighted by Gasteiger charge is -2.25. The first-order valence-electron chi connectivity index (χ1n) is 8.88. The van der Waals surface area contributed by atoms with Crippen molar-refractivity contribution in [1.82, 2.24) is 30.4 Å². The van der Waals surface area contributed by atoms with Crippen molar-refractivity contribution in [2.24, 2.45) is 4.99 Å². The van der Waals surface area contributed by atoms with Crippen molar-refractivity contribution >= 4 is 5.96 Å². The van der Waals surface area contributed by atoms with Gasteiger partial charge in [0, 0.05) is 31.6 Å². The number of guanidine groups is 1. The molecule has 2 N–H and O–H groups in total. The largest absolute Gasteiger partial charge is 0.352 e. The molecular formula is C18H27N7. The Morgan fingerprint density at radius 2 is 2.28 bits per heavy atom. The summed E-state index contributed by atoms with van der Waals surface area (Å²) in [6.07, 6.45) is 3.78. The summed E-state index contributed by atoms with van der Waals surface area (Å²) in [7, 11) is 1.79. The molecule has 0 saturated heterocycles. The minimum absolute atomic E-state index is 0.297. The maximum atomic E-state index is 4.64. The Labute approximate surface area is 149 Å². The number of hydrogen-bond donors (Lipinski definition) is 2. The van der Waals surface area contributed by atoms with E-state index >= 15 is 0 Å². The normalized spacial score (nSPS) is 17.5. The molecule has 25 heavy (non-hydrogen) atoms. The Kier molecular flexibility index (Phi) is 5.31. The van der Waals surface area contributed by atoms with Crippen LogP contribution in [0.15, 0.2) is 23.3 Å². The highest BCUT2D eigenvalue weighted by atomic mass is 15.4. The number of hydrogen-bond acceptors (Lipinski definition) is 4. The minimum atomic E-state index is 0.297. The summed E-state index contributed by atoms with van der Waals surface area (Å²) in [5.74, 6) is 3.18. The lowest BCUT2D eigenvalue weighted by molar-refractivity contribution is 0.391. The van der Waals surface area contributed by atoms with Crippen LogP contribution in [0.1, 0.15) is 49.1 Å². The van der Waals surface area contributed by atoms with Crippen LogP contribution in [-0.4, -0.2) is 38.8 Å². The summed E-state index contributed by atoms with van der Waals surface area (Å²) in [5.41, 5.74) is 2.21. The van der Waals surface area contributed by atoms with E-state index in [-0.39, 0.29) is 0 Å². The van der Waals surface area contributed by atoms with Crippen LogP contribution in [0.25, 0.3) is 0 Å². The Balaban J connectivity index is 1.58. The van der Waals surface area contributed by atoms with Crippen LogP contribution in [0.4, 0.5) is 0 Å². The topological polar surface area (TPSA) is 80.0 Å². The van der Waals surface area contributed by atoms with Gasteiger partial charge >= 0.3 is 0 Å². The van der Waals surface area contributed by atoms with E-state index in [1.54, 1.807) is 7.05 Å². The smallest absolute Gasteiger partial charge is 0.191 e. The van der Waals surface area contributed by atoms with E-state index in [4.69, 9.17) is 0 Å². The average molecular weight is 341 g/mol. The molecule has 0 aromatic carbocycles. The number of nitrogens with one attached hydrogen (secondary N) is 2. The van der Waals surface area contributed by atoms with Crippen molar-refractivity contribution in [1.29, 1.82) is 0 Å². The molecule has 0 spiro atoms. The lowest BCUT2D eigenvalue weighted by Crippen LogP contribution is -2.47. The highest BCUT2D eigenvalue weighted by molar-refractivity contribution is 5.79. The summed E-state index contributed by atoms with van der Waals surface area (Å²) < 4.78 is 2.03. The van der Waals surface area contributed by atoms with Crippen molar-refractivity contribution in [2.75, 3.05) is 7.05 Å². The van der Waals surface area contributed by atoms with Crippen molar-refractivity contribution in [3.8, 4) is 0 Å². The highest BCUT2D eigenvalue weighted by Crippen LogP contribution is 2.16. The van der Waals surface area contributed by atoms with Gasteiger partial charge in [-0.05, 0) is 25.0 Å². The Hall–Kier alpha value is -2.44. The summed E-state index contributed by atoms with van der Waals surface area (Å²) >= 11 is 0. The highest BCUT2D eigenvalue weighted by Gasteiger charge is 2.23. The molecule has 3 rings (SSSR count). The molecule has 0 aliphatic carbocycles. The summed E-state index contributed by atoms with van der Waals surface area (Å²) in [6.45, 7) is 7.80. The molecule has 2 aromatic heterocycles. The van der Waals surface area contributed by atoms with E-state index in [0.717, 1.165) is 42.7 Å². The van der Waals surface area contributed by atoms with E-state index < -0.39 is 0 Å². The van der Waals surface area contributed by atoms with Crippen molar-refractivity contribution < 1.29 is 0 Å². The zero-order chi connectivity index (χ0) is 17.8. The molecule has 0 radical (unpaired) electrons. The molecule has 1 aliphatic rings. The van der Waals surface area contributed by atoms with Crippen LogP contribution in [0.3, 0.4) is 0 Å². The van der Waals surface area contributed by atoms with Gasteiger partial charge in [-0.15, -0.1) is 0 Å². The second kappa shape index (κ2) is 7.63. The van der Waals surface area contributed by atoms with Gasteiger partial charge < -0.3 is 10.6 Å². The molecule has 0 saturated carbocycles. The van der Waals surface area contributed by atoms with Gasteiger partial charge in [0.15, 0.2) is 11.8 Å². The SMILES string of the molecule is CN=C(NCc1ncccc1C)NC1CCc2nc(C(C)C)nn2C1. The van der Waals surface area contributed by atoms with Crippen LogP contribution >= 0.6 is 0 Å². The van der Waals surface area contributed by atoms with Crippen molar-refractivity contribution in [2.45, 2.75) is 58.7 Å². The molecule has 1 aliphatic heterocycles. The number of fused-ring (bicyclic) bond motifs is 1. The fourth-order valence-electron chi connectivity index (χ4n) is 2.95. The molecule has 0 fully saturated rings. The van der Waals surface area contributed by atoms with Crippen molar-refractivity contribution in [3.63, 3.8) is 0 Å². The second-order valence-electron chi connectivity index (χ2n) is 6.80. The van der Waals surface area contributed by atoms with Crippen LogP contribution in [0.2, 0.25) is 0 Å². The van der Waals surface area contributed by atoms with Gasteiger partial charge in [-0.1, -0.05) is 19.9 Å². The Morgan fingerprint density at radius 1 is 1.44 bits per heavy atom. The first kappa shape index (κ1) is 17.4. The zero-order valence-corrected chi connectivity index (χ0v) is 15.5. The molecule has 2 aromatic rings. The molecule has 1 unspecified atom stereocenters. The maximum Gasteiger partial charge on any atom is 0.191 e. The standard InChI is InChI=1S/C18H27N7/c1-12(2)17-23-16-8-7-14(11-25(16)24-17)22-18(19-4)21-10-15-13(3)6-5-9-20-15/h5-6,9,12,14H,7-8,10-11H2,1-4H3,(H2,19,21,22). The van der Waals surface area contributed by atoms with Crippen LogP contribution in [0, 0.1) is 6.92 Å². The van der Waals surface area contributed by atoms with Gasteiger partial charge in [-0.3, -0.25) is 9.98 Å². The van der Waals surface area contributed by atoms with Crippen LogP contribution in [0.5, 0.6) is 0 Å². The third-order valence-corrected chi connectivity index (χ3v) is 4.50. The summed E-state index contributed by atoms with van der Waals surface area (Å²) in [4.78, 5) is 13.4. The second-order valence-corrected chi connectivity index (χ2v) is 6.80. The van der Waals surface area contributed by atoms with Gasteiger partial charge in [0.05, 0.1) is 18.8 Å². The zero-order valence-electron chi connectivity index (χ0n) is 15.5. The Morgan fingerprint density at radius 3 is 3.00 bits per heavy atom. The number of rotatable bonds is 4. The van der Waals surface area contributed by atoms with Gasteiger partial charge in [0.1, 0.15) is 5.82 Å². The molecule has 0 bridgehead atoms. The molecule has 7 heteroatoms. The fraction of sp³-hybridized carbons (Fsp3) is 0.556. The number of aromatic nitrogens is 4. The van der Waals surface area contributed by atoms with E-state index in [2.05, 4.69) is 57.5 Å². The number of pyridine rings is 1. The molecule has 7 nitrogen and oxygen atoms in total. The molecule has 134 valence electrons. The monoisotopic (exact) mass is 341 g/mol. The van der Waals surface area contributed by atoms with E-state index in [9.17, 15) is 0 Å². The molecule has 0 amide bonds. The first-order chi connectivity index (χ1) is 12.1. The molecule has 3 heterocycles. The number of aliphatic imine (C=N–C) groups is 1. The molecular weight excluding hydrogens is 314 g/mol.